The molecule has 0 aliphatic heterocycles. The highest BCUT2D eigenvalue weighted by molar-refractivity contribution is 6.36. The van der Waals surface area contributed by atoms with Gasteiger partial charge in [0.25, 0.3) is 0 Å². The molecule has 4 heteroatoms. The summed E-state index contributed by atoms with van der Waals surface area (Å²) in [5.74, 6) is -0.328. The zero-order chi connectivity index (χ0) is 14.1. The molecule has 106 valence electrons. The fourth-order valence-corrected chi connectivity index (χ4v) is 3.32. The summed E-state index contributed by atoms with van der Waals surface area (Å²) in [5.41, 5.74) is 4.09. The molecule has 1 heterocycles. The van der Waals surface area contributed by atoms with Gasteiger partial charge in [0, 0.05) is 23.7 Å². The minimum Gasteiger partial charge on any atom is -0.384 e. The molecular weight excluding hydrogens is 275 g/mol. The monoisotopic (exact) mass is 292 g/mol. The van der Waals surface area contributed by atoms with Crippen LogP contribution in [-0.4, -0.2) is 11.5 Å². The van der Waals surface area contributed by atoms with Gasteiger partial charge in [-0.2, -0.15) is 0 Å². The normalized spacial score (nSPS) is 14.9. The molecule has 0 saturated carbocycles. The summed E-state index contributed by atoms with van der Waals surface area (Å²) >= 11 is 6.27. The lowest BCUT2D eigenvalue weighted by Crippen LogP contribution is -2.07. The number of aromatic nitrogens is 1. The molecule has 0 amide bonds. The first kappa shape index (κ1) is 13.6. The van der Waals surface area contributed by atoms with Crippen LogP contribution in [0.3, 0.4) is 0 Å². The second-order valence-electron chi connectivity index (χ2n) is 5.28. The van der Waals surface area contributed by atoms with E-state index in [4.69, 9.17) is 11.6 Å². The summed E-state index contributed by atoms with van der Waals surface area (Å²) in [6.07, 6.45) is 5.55. The van der Waals surface area contributed by atoms with Crippen LogP contribution in [0.5, 0.6) is 0 Å². The molecule has 1 aliphatic carbocycles. The third-order valence-electron chi connectivity index (χ3n) is 3.88. The highest BCUT2D eigenvalue weighted by Gasteiger charge is 2.19. The number of rotatable bonds is 2. The SMILES string of the molecule is CCNc1c2c(nc3cc(F)cc(Cl)c13)CCCCC2. The summed E-state index contributed by atoms with van der Waals surface area (Å²) in [6, 6.07) is 2.85. The van der Waals surface area contributed by atoms with Gasteiger partial charge in [-0.1, -0.05) is 18.0 Å². The van der Waals surface area contributed by atoms with E-state index < -0.39 is 0 Å². The molecule has 20 heavy (non-hydrogen) atoms. The lowest BCUT2D eigenvalue weighted by molar-refractivity contribution is 0.629. The molecular formula is C16H18ClFN2. The molecule has 0 atom stereocenters. The molecule has 1 aromatic carbocycles. The van der Waals surface area contributed by atoms with Crippen molar-refractivity contribution >= 4 is 28.2 Å². The van der Waals surface area contributed by atoms with Crippen molar-refractivity contribution in [2.75, 3.05) is 11.9 Å². The van der Waals surface area contributed by atoms with Crippen LogP contribution >= 0.6 is 11.6 Å². The van der Waals surface area contributed by atoms with E-state index in [-0.39, 0.29) is 5.82 Å². The van der Waals surface area contributed by atoms with Crippen molar-refractivity contribution in [3.8, 4) is 0 Å². The number of anilines is 1. The molecule has 3 rings (SSSR count). The van der Waals surface area contributed by atoms with Crippen molar-refractivity contribution in [1.82, 2.24) is 4.98 Å². The topological polar surface area (TPSA) is 24.9 Å². The Hall–Kier alpha value is -1.35. The smallest absolute Gasteiger partial charge is 0.126 e. The fourth-order valence-electron chi connectivity index (χ4n) is 3.02. The van der Waals surface area contributed by atoms with Crippen molar-refractivity contribution < 1.29 is 4.39 Å². The molecule has 2 nitrogen and oxygen atoms in total. The van der Waals surface area contributed by atoms with Crippen LogP contribution in [-0.2, 0) is 12.8 Å². The van der Waals surface area contributed by atoms with Crippen LogP contribution in [0.2, 0.25) is 5.02 Å². The number of nitrogens with zero attached hydrogens (tertiary/aromatic N) is 1. The Morgan fingerprint density at radius 1 is 1.25 bits per heavy atom. The van der Waals surface area contributed by atoms with Gasteiger partial charge in [-0.15, -0.1) is 0 Å². The highest BCUT2D eigenvalue weighted by Crippen LogP contribution is 2.36. The van der Waals surface area contributed by atoms with Crippen molar-refractivity contribution in [1.29, 1.82) is 0 Å². The van der Waals surface area contributed by atoms with Gasteiger partial charge in [0.2, 0.25) is 0 Å². The van der Waals surface area contributed by atoms with E-state index in [0.717, 1.165) is 42.6 Å². The van der Waals surface area contributed by atoms with Gasteiger partial charge >= 0.3 is 0 Å². The number of fused-ring (bicyclic) bond motifs is 2. The van der Waals surface area contributed by atoms with Crippen molar-refractivity contribution in [2.24, 2.45) is 0 Å². The molecule has 0 unspecified atom stereocenters. The van der Waals surface area contributed by atoms with E-state index in [0.29, 0.717) is 10.5 Å². The van der Waals surface area contributed by atoms with E-state index in [2.05, 4.69) is 17.2 Å². The first-order chi connectivity index (χ1) is 9.70. The van der Waals surface area contributed by atoms with Crippen molar-refractivity contribution in [2.45, 2.75) is 39.0 Å². The van der Waals surface area contributed by atoms with Crippen LogP contribution in [0.1, 0.15) is 37.4 Å². The maximum Gasteiger partial charge on any atom is 0.126 e. The minimum absolute atomic E-state index is 0.328. The molecule has 1 N–H and O–H groups in total. The minimum atomic E-state index is -0.328. The largest absolute Gasteiger partial charge is 0.384 e. The predicted octanol–water partition coefficient (Wildman–Crippen LogP) is 4.73. The average molecular weight is 293 g/mol. The number of aryl methyl sites for hydroxylation is 1. The van der Waals surface area contributed by atoms with Gasteiger partial charge in [-0.25, -0.2) is 4.39 Å². The van der Waals surface area contributed by atoms with Gasteiger partial charge in [-0.05, 0) is 44.2 Å². The number of halogens is 2. The molecule has 1 aliphatic rings. The van der Waals surface area contributed by atoms with Crippen molar-refractivity contribution in [3.05, 3.63) is 34.2 Å². The summed E-state index contributed by atoms with van der Waals surface area (Å²) < 4.78 is 13.6. The second-order valence-corrected chi connectivity index (χ2v) is 5.69. The summed E-state index contributed by atoms with van der Waals surface area (Å²) in [7, 11) is 0. The average Bonchev–Trinajstić information content (AvgIpc) is 2.63. The summed E-state index contributed by atoms with van der Waals surface area (Å²) in [6.45, 7) is 2.88. The van der Waals surface area contributed by atoms with Crippen molar-refractivity contribution in [3.63, 3.8) is 0 Å². The van der Waals surface area contributed by atoms with Crippen LogP contribution < -0.4 is 5.32 Å². The predicted molar refractivity (Wildman–Crippen MR) is 82.1 cm³/mol. The third-order valence-corrected chi connectivity index (χ3v) is 4.18. The van der Waals surface area contributed by atoms with Gasteiger partial charge in [-0.3, -0.25) is 4.98 Å². The number of hydrogen-bond donors (Lipinski definition) is 1. The van der Waals surface area contributed by atoms with E-state index >= 15 is 0 Å². The number of nitrogens with one attached hydrogen (secondary N) is 1. The van der Waals surface area contributed by atoms with Gasteiger partial charge in [0.1, 0.15) is 5.82 Å². The lowest BCUT2D eigenvalue weighted by Gasteiger charge is -2.17. The zero-order valence-electron chi connectivity index (χ0n) is 11.6. The lowest BCUT2D eigenvalue weighted by atomic mass is 10.0. The van der Waals surface area contributed by atoms with Gasteiger partial charge in [0.15, 0.2) is 0 Å². The van der Waals surface area contributed by atoms with Crippen LogP contribution in [0.25, 0.3) is 10.9 Å². The van der Waals surface area contributed by atoms with E-state index in [1.165, 1.54) is 30.5 Å². The van der Waals surface area contributed by atoms with Crippen LogP contribution in [0.4, 0.5) is 10.1 Å². The number of hydrogen-bond acceptors (Lipinski definition) is 2. The fraction of sp³-hybridized carbons (Fsp3) is 0.438. The Morgan fingerprint density at radius 3 is 2.85 bits per heavy atom. The quantitative estimate of drug-likeness (QED) is 0.810. The Kier molecular flexibility index (Phi) is 3.79. The molecule has 2 aromatic rings. The molecule has 0 fully saturated rings. The Morgan fingerprint density at radius 2 is 2.05 bits per heavy atom. The molecule has 0 radical (unpaired) electrons. The van der Waals surface area contributed by atoms with Crippen LogP contribution in [0, 0.1) is 5.82 Å². The highest BCUT2D eigenvalue weighted by atomic mass is 35.5. The Balaban J connectivity index is 2.33. The van der Waals surface area contributed by atoms with Gasteiger partial charge < -0.3 is 5.32 Å². The Labute approximate surface area is 123 Å². The maximum absolute atomic E-state index is 13.6. The first-order valence-electron chi connectivity index (χ1n) is 7.25. The molecule has 1 aromatic heterocycles. The third kappa shape index (κ3) is 2.35. The summed E-state index contributed by atoms with van der Waals surface area (Å²) in [4.78, 5) is 4.68. The van der Waals surface area contributed by atoms with Gasteiger partial charge in [0.05, 0.1) is 16.2 Å². The zero-order valence-corrected chi connectivity index (χ0v) is 12.4. The van der Waals surface area contributed by atoms with E-state index in [1.807, 2.05) is 0 Å². The Bertz CT molecular complexity index is 655. The molecule has 0 saturated heterocycles. The first-order valence-corrected chi connectivity index (χ1v) is 7.63. The molecule has 0 bridgehead atoms. The summed E-state index contributed by atoms with van der Waals surface area (Å²) in [5, 5.41) is 4.72. The van der Waals surface area contributed by atoms with E-state index in [9.17, 15) is 4.39 Å². The second kappa shape index (κ2) is 5.57. The maximum atomic E-state index is 13.6. The standard InChI is InChI=1S/C16H18ClFN2/c1-2-19-16-11-6-4-3-5-7-13(11)20-14-9-10(18)8-12(17)15(14)16/h8-9H,2-7H2,1H3,(H,19,20). The molecule has 0 spiro atoms. The van der Waals surface area contributed by atoms with Crippen LogP contribution in [0.15, 0.2) is 12.1 Å². The number of benzene rings is 1. The number of pyridine rings is 1. The van der Waals surface area contributed by atoms with E-state index in [1.54, 1.807) is 0 Å².